The first-order chi connectivity index (χ1) is 5.38. The number of carbonyl (C=O) groups is 1. The quantitative estimate of drug-likeness (QED) is 0.349. The smallest absolute Gasteiger partial charge is 0.448 e. The molecule has 13 heavy (non-hydrogen) atoms. The Kier molecular flexibility index (Phi) is 6.70. The second-order valence-corrected chi connectivity index (χ2v) is 1.78. The third-order valence-corrected chi connectivity index (χ3v) is 0.832. The first-order valence-corrected chi connectivity index (χ1v) is 3.02. The first kappa shape index (κ1) is 14.8. The number of alkyl halides is 3. The zero-order valence-electron chi connectivity index (χ0n) is 6.48. The van der Waals surface area contributed by atoms with Gasteiger partial charge in [-0.3, -0.25) is 0 Å². The van der Waals surface area contributed by atoms with Crippen LogP contribution in [-0.4, -0.2) is 23.9 Å². The maximum absolute atomic E-state index is 11.5. The van der Waals surface area contributed by atoms with E-state index in [1.54, 1.807) is 0 Å². The zero-order valence-corrected chi connectivity index (χ0v) is 7.43. The molecule has 1 N–H and O–H groups in total. The van der Waals surface area contributed by atoms with E-state index < -0.39 is 17.9 Å². The Hall–Kier alpha value is -0.681. The molecule has 81 valence electrons. The van der Waals surface area contributed by atoms with Crippen LogP contribution in [0.2, 0.25) is 0 Å². The van der Waals surface area contributed by atoms with Crippen LogP contribution in [0.25, 0.3) is 0 Å². The van der Waals surface area contributed by atoms with Gasteiger partial charge in [-0.05, 0) is 6.92 Å². The number of hydrogen-bond acceptors (Lipinski definition) is 3. The van der Waals surface area contributed by atoms with E-state index in [2.05, 4.69) is 4.74 Å². The number of hydrogen-bond donors (Lipinski definition) is 1. The molecule has 0 unspecified atom stereocenters. The number of carbonyl (C=O) groups excluding carboxylic acids is 1. The average Bonchev–Trinajstić information content (AvgIpc) is 1.85. The summed E-state index contributed by atoms with van der Waals surface area (Å²) in [6.07, 6.45) is -4.91. The van der Waals surface area contributed by atoms with Crippen molar-refractivity contribution in [2.75, 3.05) is 6.61 Å². The molecular formula is C6H7CuF3O3. The van der Waals surface area contributed by atoms with Crippen molar-refractivity contribution in [1.82, 2.24) is 0 Å². The molecular weight excluding hydrogens is 241 g/mol. The monoisotopic (exact) mass is 247 g/mol. The predicted octanol–water partition coefficient (Wildman–Crippen LogP) is 1.55. The second kappa shape index (κ2) is 5.88. The maximum Gasteiger partial charge on any atom is 0.448 e. The maximum atomic E-state index is 11.5. The van der Waals surface area contributed by atoms with Gasteiger partial charge in [0, 0.05) is 17.1 Å². The van der Waals surface area contributed by atoms with Gasteiger partial charge in [0.05, 0.1) is 12.7 Å². The van der Waals surface area contributed by atoms with E-state index in [-0.39, 0.29) is 29.8 Å². The molecule has 0 aromatic rings. The van der Waals surface area contributed by atoms with Gasteiger partial charge in [-0.25, -0.2) is 4.79 Å². The summed E-state index contributed by atoms with van der Waals surface area (Å²) in [6.45, 7) is 1.40. The van der Waals surface area contributed by atoms with Gasteiger partial charge in [-0.2, -0.15) is 13.2 Å². The van der Waals surface area contributed by atoms with Gasteiger partial charge in [-0.15, -0.1) is 0 Å². The minimum atomic E-state index is -4.90. The zero-order chi connectivity index (χ0) is 9.78. The van der Waals surface area contributed by atoms with Crippen LogP contribution < -0.4 is 0 Å². The van der Waals surface area contributed by atoms with Crippen molar-refractivity contribution in [3.63, 3.8) is 0 Å². The Labute approximate surface area is 83.0 Å². The number of aliphatic hydroxyl groups excluding tert-OH is 1. The summed E-state index contributed by atoms with van der Waals surface area (Å²) >= 11 is 0. The van der Waals surface area contributed by atoms with Gasteiger partial charge in [0.1, 0.15) is 0 Å². The van der Waals surface area contributed by atoms with Crippen LogP contribution in [-0.2, 0) is 26.6 Å². The number of esters is 1. The van der Waals surface area contributed by atoms with Gasteiger partial charge in [0.15, 0.2) is 0 Å². The van der Waals surface area contributed by atoms with Crippen LogP contribution in [0.15, 0.2) is 11.8 Å². The van der Waals surface area contributed by atoms with Gasteiger partial charge < -0.3 is 9.84 Å². The largest absolute Gasteiger partial charge is 0.504 e. The van der Waals surface area contributed by atoms with Crippen molar-refractivity contribution >= 4 is 5.97 Å². The molecule has 0 atom stereocenters. The number of aliphatic hydroxyl groups is 1. The molecule has 0 heterocycles. The Morgan fingerprint density at radius 2 is 2.00 bits per heavy atom. The Balaban J connectivity index is 0. The van der Waals surface area contributed by atoms with Gasteiger partial charge in [0.2, 0.25) is 5.76 Å². The van der Waals surface area contributed by atoms with Crippen LogP contribution in [0.3, 0.4) is 0 Å². The normalized spacial score (nSPS) is 11.8. The third kappa shape index (κ3) is 6.48. The van der Waals surface area contributed by atoms with Crippen LogP contribution in [0.5, 0.6) is 0 Å². The van der Waals surface area contributed by atoms with E-state index in [4.69, 9.17) is 5.11 Å². The van der Waals surface area contributed by atoms with Gasteiger partial charge >= 0.3 is 12.1 Å². The fraction of sp³-hybridized carbons (Fsp3) is 0.500. The molecule has 0 amide bonds. The number of allylic oxidation sites excluding steroid dienone is 1. The summed E-state index contributed by atoms with van der Waals surface area (Å²) in [4.78, 5) is 10.3. The summed E-state index contributed by atoms with van der Waals surface area (Å²) in [6, 6.07) is 0. The molecule has 0 saturated carbocycles. The van der Waals surface area contributed by atoms with E-state index >= 15 is 0 Å². The Bertz CT molecular complexity index is 200. The minimum absolute atomic E-state index is 0. The predicted molar refractivity (Wildman–Crippen MR) is 33.4 cm³/mol. The summed E-state index contributed by atoms with van der Waals surface area (Å²) in [5, 5.41) is 8.22. The molecule has 0 aliphatic rings. The molecule has 0 spiro atoms. The van der Waals surface area contributed by atoms with Crippen molar-refractivity contribution < 1.29 is 44.9 Å². The molecule has 0 aromatic heterocycles. The summed E-state index contributed by atoms with van der Waals surface area (Å²) in [5.41, 5.74) is 0. The molecule has 1 radical (unpaired) electrons. The van der Waals surface area contributed by atoms with E-state index in [1.165, 1.54) is 6.92 Å². The van der Waals surface area contributed by atoms with E-state index in [0.717, 1.165) is 0 Å². The van der Waals surface area contributed by atoms with E-state index in [9.17, 15) is 18.0 Å². The third-order valence-electron chi connectivity index (χ3n) is 0.832. The van der Waals surface area contributed by atoms with E-state index in [1.807, 2.05) is 0 Å². The van der Waals surface area contributed by atoms with Crippen LogP contribution >= 0.6 is 0 Å². The molecule has 7 heteroatoms. The topological polar surface area (TPSA) is 46.5 Å². The van der Waals surface area contributed by atoms with Crippen molar-refractivity contribution in [2.45, 2.75) is 13.1 Å². The molecule has 0 bridgehead atoms. The first-order valence-electron chi connectivity index (χ1n) is 3.02. The molecule has 0 aromatic carbocycles. The Morgan fingerprint density at radius 3 is 2.31 bits per heavy atom. The fourth-order valence-corrected chi connectivity index (χ4v) is 0.377. The fourth-order valence-electron chi connectivity index (χ4n) is 0.377. The second-order valence-electron chi connectivity index (χ2n) is 1.78. The van der Waals surface area contributed by atoms with E-state index in [0.29, 0.717) is 0 Å². The van der Waals surface area contributed by atoms with Crippen LogP contribution in [0.4, 0.5) is 13.2 Å². The summed E-state index contributed by atoms with van der Waals surface area (Å²) in [7, 11) is 0. The average molecular weight is 248 g/mol. The van der Waals surface area contributed by atoms with Crippen LogP contribution in [0, 0.1) is 0 Å². The van der Waals surface area contributed by atoms with Crippen LogP contribution in [0.1, 0.15) is 6.92 Å². The van der Waals surface area contributed by atoms with Gasteiger partial charge in [0.25, 0.3) is 0 Å². The summed E-state index contributed by atoms with van der Waals surface area (Å²) < 4.78 is 38.7. The molecule has 3 nitrogen and oxygen atoms in total. The van der Waals surface area contributed by atoms with Crippen molar-refractivity contribution in [3.05, 3.63) is 11.8 Å². The standard InChI is InChI=1S/C6H7F3O3.Cu/c1-2-12-5(11)3-4(10)6(7,8)9;/h3,10H,2H2,1H3;/b4-3-;. The Morgan fingerprint density at radius 1 is 1.54 bits per heavy atom. The number of ether oxygens (including phenoxy) is 1. The SMILES string of the molecule is CCOC(=O)/C=C(\O)C(F)(F)F.[Cu]. The molecule has 0 fully saturated rings. The van der Waals surface area contributed by atoms with Crippen molar-refractivity contribution in [1.29, 1.82) is 0 Å². The van der Waals surface area contributed by atoms with Crippen molar-refractivity contribution in [3.8, 4) is 0 Å². The molecule has 0 aliphatic heterocycles. The van der Waals surface area contributed by atoms with Crippen molar-refractivity contribution in [2.24, 2.45) is 0 Å². The number of rotatable bonds is 2. The van der Waals surface area contributed by atoms with Gasteiger partial charge in [-0.1, -0.05) is 0 Å². The molecule has 0 aliphatic carbocycles. The molecule has 0 rings (SSSR count). The summed E-state index contributed by atoms with van der Waals surface area (Å²) in [5.74, 6) is -3.17. The minimum Gasteiger partial charge on any atom is -0.504 e. The number of halogens is 3. The molecule has 0 saturated heterocycles.